The van der Waals surface area contributed by atoms with Gasteiger partial charge in [-0.3, -0.25) is 10.1 Å². The van der Waals surface area contributed by atoms with Gasteiger partial charge < -0.3 is 18.9 Å². The van der Waals surface area contributed by atoms with Crippen molar-refractivity contribution in [2.45, 2.75) is 13.5 Å². The van der Waals surface area contributed by atoms with Gasteiger partial charge in [0, 0.05) is 12.1 Å². The summed E-state index contributed by atoms with van der Waals surface area (Å²) in [5.74, 6) is -0.760. The van der Waals surface area contributed by atoms with Crippen LogP contribution in [0.25, 0.3) is 6.08 Å². The highest BCUT2D eigenvalue weighted by Gasteiger charge is 2.21. The summed E-state index contributed by atoms with van der Waals surface area (Å²) in [4.78, 5) is 34.1. The second-order valence-corrected chi connectivity index (χ2v) is 7.18. The normalized spacial score (nSPS) is 10.1. The van der Waals surface area contributed by atoms with Gasteiger partial charge in [0.2, 0.25) is 0 Å². The van der Waals surface area contributed by atoms with Gasteiger partial charge in [-0.05, 0) is 71.0 Å². The number of halogens is 1. The van der Waals surface area contributed by atoms with Crippen molar-refractivity contribution in [3.05, 3.63) is 66.8 Å². The summed E-state index contributed by atoms with van der Waals surface area (Å²) in [5.41, 5.74) is 0.993. The molecule has 31 heavy (non-hydrogen) atoms. The highest BCUT2D eigenvalue weighted by Crippen LogP contribution is 2.35. The van der Waals surface area contributed by atoms with Crippen molar-refractivity contribution >= 4 is 46.3 Å². The maximum Gasteiger partial charge on any atom is 0.345 e. The van der Waals surface area contributed by atoms with Crippen LogP contribution < -0.4 is 9.47 Å². The molecule has 9 nitrogen and oxygen atoms in total. The molecule has 2 rings (SSSR count). The van der Waals surface area contributed by atoms with E-state index in [2.05, 4.69) is 32.1 Å². The molecule has 0 atom stereocenters. The van der Waals surface area contributed by atoms with E-state index in [9.17, 15) is 19.7 Å². The summed E-state index contributed by atoms with van der Waals surface area (Å²) in [6, 6.07) is 9.37. The molecule has 2 aromatic carbocycles. The van der Waals surface area contributed by atoms with Crippen molar-refractivity contribution in [2.24, 2.45) is 0 Å². The Kier molecular flexibility index (Phi) is 8.79. The Balaban J connectivity index is 2.34. The molecule has 2 aromatic rings. The first-order chi connectivity index (χ1) is 14.8. The summed E-state index contributed by atoms with van der Waals surface area (Å²) < 4.78 is 21.5. The second-order valence-electron chi connectivity index (χ2n) is 6.02. The molecular formula is C21H20INO8. The number of esters is 2. The molecule has 0 bridgehead atoms. The topological polar surface area (TPSA) is 114 Å². The first-order valence-electron chi connectivity index (χ1n) is 9.01. The number of ether oxygens (including phenoxy) is 4. The van der Waals surface area contributed by atoms with E-state index in [1.165, 1.54) is 32.4 Å². The Labute approximate surface area is 192 Å². The van der Waals surface area contributed by atoms with Crippen LogP contribution in [0.4, 0.5) is 5.69 Å². The zero-order chi connectivity index (χ0) is 23.0. The third-order valence-corrected chi connectivity index (χ3v) is 4.78. The van der Waals surface area contributed by atoms with Crippen molar-refractivity contribution in [3.63, 3.8) is 0 Å². The summed E-state index contributed by atoms with van der Waals surface area (Å²) in [6.45, 7) is 2.33. The SMILES string of the molecule is CCOc1cc(C=C(C(=O)OC)C(=O)OC)cc(I)c1OCc1ccc([N+](=O)[O-])cc1. The molecule has 0 aliphatic heterocycles. The number of nitro benzene ring substituents is 1. The van der Waals surface area contributed by atoms with E-state index in [0.29, 0.717) is 27.2 Å². The number of carbonyl (C=O) groups is 2. The number of rotatable bonds is 9. The monoisotopic (exact) mass is 541 g/mol. The molecule has 0 amide bonds. The fraction of sp³-hybridized carbons (Fsp3) is 0.238. The largest absolute Gasteiger partial charge is 0.490 e. The minimum atomic E-state index is -0.821. The van der Waals surface area contributed by atoms with Crippen LogP contribution in [0.1, 0.15) is 18.1 Å². The molecule has 0 N–H and O–H groups in total. The molecule has 164 valence electrons. The van der Waals surface area contributed by atoms with Crippen LogP contribution >= 0.6 is 22.6 Å². The Hall–Kier alpha value is -3.15. The molecule has 0 unspecified atom stereocenters. The van der Waals surface area contributed by atoms with Gasteiger partial charge in [-0.15, -0.1) is 0 Å². The molecular weight excluding hydrogens is 521 g/mol. The van der Waals surface area contributed by atoms with Crippen LogP contribution in [-0.2, 0) is 25.7 Å². The predicted molar refractivity (Wildman–Crippen MR) is 120 cm³/mol. The average Bonchev–Trinajstić information content (AvgIpc) is 2.76. The van der Waals surface area contributed by atoms with Gasteiger partial charge in [0.25, 0.3) is 5.69 Å². The van der Waals surface area contributed by atoms with Crippen LogP contribution in [0.2, 0.25) is 0 Å². The molecule has 0 heterocycles. The molecule has 0 aromatic heterocycles. The van der Waals surface area contributed by atoms with Crippen LogP contribution in [0, 0.1) is 13.7 Å². The Morgan fingerprint density at radius 2 is 1.68 bits per heavy atom. The lowest BCUT2D eigenvalue weighted by molar-refractivity contribution is -0.384. The van der Waals surface area contributed by atoms with Gasteiger partial charge in [0.15, 0.2) is 11.5 Å². The van der Waals surface area contributed by atoms with E-state index in [4.69, 9.17) is 9.47 Å². The van der Waals surface area contributed by atoms with E-state index in [1.54, 1.807) is 24.3 Å². The number of benzene rings is 2. The van der Waals surface area contributed by atoms with E-state index in [0.717, 1.165) is 5.56 Å². The number of nitrogens with zero attached hydrogens (tertiary/aromatic N) is 1. The summed E-state index contributed by atoms with van der Waals surface area (Å²) in [5, 5.41) is 10.8. The molecule has 0 fully saturated rings. The Bertz CT molecular complexity index is 983. The molecule has 0 saturated carbocycles. The Morgan fingerprint density at radius 1 is 1.06 bits per heavy atom. The lowest BCUT2D eigenvalue weighted by Crippen LogP contribution is -2.15. The zero-order valence-electron chi connectivity index (χ0n) is 17.0. The maximum absolute atomic E-state index is 11.9. The van der Waals surface area contributed by atoms with Gasteiger partial charge in [-0.25, -0.2) is 9.59 Å². The highest BCUT2D eigenvalue weighted by atomic mass is 127. The number of hydrogen-bond donors (Lipinski definition) is 0. The maximum atomic E-state index is 11.9. The molecule has 0 spiro atoms. The van der Waals surface area contributed by atoms with E-state index >= 15 is 0 Å². The number of carbonyl (C=O) groups excluding carboxylic acids is 2. The average molecular weight is 541 g/mol. The van der Waals surface area contributed by atoms with Crippen molar-refractivity contribution in [1.29, 1.82) is 0 Å². The van der Waals surface area contributed by atoms with Gasteiger partial charge in [0.1, 0.15) is 12.2 Å². The summed E-state index contributed by atoms with van der Waals surface area (Å²) in [7, 11) is 2.34. The van der Waals surface area contributed by atoms with Crippen molar-refractivity contribution in [2.75, 3.05) is 20.8 Å². The number of hydrogen-bond acceptors (Lipinski definition) is 8. The van der Waals surface area contributed by atoms with Crippen molar-refractivity contribution < 1.29 is 33.5 Å². The highest BCUT2D eigenvalue weighted by molar-refractivity contribution is 14.1. The third-order valence-electron chi connectivity index (χ3n) is 3.98. The quantitative estimate of drug-likeness (QED) is 0.0894. The number of non-ortho nitro benzene ring substituents is 1. The van der Waals surface area contributed by atoms with Crippen LogP contribution in [0.15, 0.2) is 42.0 Å². The summed E-state index contributed by atoms with van der Waals surface area (Å²) in [6.07, 6.45) is 1.35. The van der Waals surface area contributed by atoms with Gasteiger partial charge in [-0.2, -0.15) is 0 Å². The van der Waals surface area contributed by atoms with Crippen molar-refractivity contribution in [1.82, 2.24) is 0 Å². The molecule has 0 aliphatic rings. The standard InChI is InChI=1S/C21H20INO8/c1-4-30-18-11-14(9-16(20(24)28-2)21(25)29-3)10-17(22)19(18)31-12-13-5-7-15(8-6-13)23(26)27/h5-11H,4,12H2,1-3H3. The minimum absolute atomic E-state index is 0.00325. The zero-order valence-corrected chi connectivity index (χ0v) is 19.2. The smallest absolute Gasteiger partial charge is 0.345 e. The van der Waals surface area contributed by atoms with Crippen LogP contribution in [0.3, 0.4) is 0 Å². The number of methoxy groups -OCH3 is 2. The number of nitro groups is 1. The van der Waals surface area contributed by atoms with E-state index in [1.807, 2.05) is 6.92 Å². The second kappa shape index (κ2) is 11.3. The van der Waals surface area contributed by atoms with Crippen molar-refractivity contribution in [3.8, 4) is 11.5 Å². The fourth-order valence-electron chi connectivity index (χ4n) is 2.53. The molecule has 0 radical (unpaired) electrons. The van der Waals surface area contributed by atoms with Gasteiger partial charge >= 0.3 is 11.9 Å². The molecule has 0 saturated heterocycles. The first-order valence-corrected chi connectivity index (χ1v) is 10.1. The first kappa shape index (κ1) is 24.1. The summed E-state index contributed by atoms with van der Waals surface area (Å²) >= 11 is 2.05. The third kappa shape index (κ3) is 6.41. The van der Waals surface area contributed by atoms with Gasteiger partial charge in [0.05, 0.1) is 29.3 Å². The predicted octanol–water partition coefficient (Wildman–Crippen LogP) is 3.91. The van der Waals surface area contributed by atoms with E-state index < -0.39 is 16.9 Å². The molecule has 0 aliphatic carbocycles. The molecule has 10 heteroatoms. The minimum Gasteiger partial charge on any atom is -0.490 e. The fourth-order valence-corrected chi connectivity index (χ4v) is 3.31. The lowest BCUT2D eigenvalue weighted by Gasteiger charge is -2.15. The van der Waals surface area contributed by atoms with E-state index in [-0.39, 0.29) is 17.9 Å². The van der Waals surface area contributed by atoms with Crippen LogP contribution in [0.5, 0.6) is 11.5 Å². The lowest BCUT2D eigenvalue weighted by atomic mass is 10.1. The van der Waals surface area contributed by atoms with Crippen LogP contribution in [-0.4, -0.2) is 37.7 Å². The van der Waals surface area contributed by atoms with Gasteiger partial charge in [-0.1, -0.05) is 0 Å². The Morgan fingerprint density at radius 3 is 2.19 bits per heavy atom.